The molecule has 0 unspecified atom stereocenters. The molecule has 0 aromatic heterocycles. The zero-order valence-corrected chi connectivity index (χ0v) is 17.7. The van der Waals surface area contributed by atoms with Gasteiger partial charge < -0.3 is 0 Å². The van der Waals surface area contributed by atoms with Crippen LogP contribution in [0.1, 0.15) is 25.0 Å². The highest BCUT2D eigenvalue weighted by Crippen LogP contribution is 2.65. The first-order chi connectivity index (χ1) is 14.6. The lowest BCUT2D eigenvalue weighted by molar-refractivity contribution is -0.395. The molecule has 0 atom stereocenters. The molecule has 2 aromatic rings. The van der Waals surface area contributed by atoms with Gasteiger partial charge in [0, 0.05) is 23.3 Å². The van der Waals surface area contributed by atoms with Gasteiger partial charge in [0.25, 0.3) is 22.7 Å². The van der Waals surface area contributed by atoms with E-state index in [0.717, 1.165) is 12.1 Å². The minimum absolute atomic E-state index is 0.117. The summed E-state index contributed by atoms with van der Waals surface area (Å²) in [5, 5.41) is 46.6. The van der Waals surface area contributed by atoms with Gasteiger partial charge >= 0.3 is 0 Å². The lowest BCUT2D eigenvalue weighted by Gasteiger charge is -2.29. The summed E-state index contributed by atoms with van der Waals surface area (Å²) in [6, 6.07) is 3.86. The van der Waals surface area contributed by atoms with Crippen LogP contribution in [0.25, 0.3) is 11.1 Å². The molecule has 31 heavy (non-hydrogen) atoms. The number of nitro groups is 4. The van der Waals surface area contributed by atoms with E-state index >= 15 is 0 Å². The van der Waals surface area contributed by atoms with Crippen molar-refractivity contribution in [3.05, 3.63) is 75.8 Å². The Kier molecular flexibility index (Phi) is 5.87. The van der Waals surface area contributed by atoms with Crippen LogP contribution in [-0.4, -0.2) is 31.2 Å². The molecular weight excluding hydrogens is 452 g/mol. The summed E-state index contributed by atoms with van der Waals surface area (Å²) >= 11 is 2.50. The summed E-state index contributed by atoms with van der Waals surface area (Å²) in [6.45, 7) is 3.58. The molecule has 0 saturated heterocycles. The lowest BCUT2D eigenvalue weighted by atomic mass is 10.0. The molecule has 0 amide bonds. The average Bonchev–Trinajstić information content (AvgIpc) is 2.97. The standard InChI is InChI=1S/C17H14N4O8S2/c1-3-30-17(31-4-2)11-5-9(18(22)23)7-13(20(26)27)15(11)16-12(17)6-10(19(24)25)8-14(16)21(28)29/h5-8H,3-4H2,1-2H3. The number of nitrogens with zero attached hydrogens (tertiary/aromatic N) is 4. The highest BCUT2D eigenvalue weighted by Gasteiger charge is 2.51. The zero-order chi connectivity index (χ0) is 23.1. The van der Waals surface area contributed by atoms with Gasteiger partial charge in [-0.25, -0.2) is 0 Å². The maximum Gasteiger partial charge on any atom is 0.284 e. The Hall–Kier alpha value is -3.26. The van der Waals surface area contributed by atoms with Crippen molar-refractivity contribution in [1.29, 1.82) is 0 Å². The van der Waals surface area contributed by atoms with E-state index in [4.69, 9.17) is 0 Å². The van der Waals surface area contributed by atoms with E-state index < -0.39 is 46.5 Å². The third-order valence-electron chi connectivity index (χ3n) is 4.67. The summed E-state index contributed by atoms with van der Waals surface area (Å²) in [5.74, 6) is 0.887. The number of hydrogen-bond donors (Lipinski definition) is 0. The molecule has 0 saturated carbocycles. The van der Waals surface area contributed by atoms with Gasteiger partial charge in [0.05, 0.1) is 43.0 Å². The molecule has 2 aromatic carbocycles. The van der Waals surface area contributed by atoms with Crippen molar-refractivity contribution < 1.29 is 19.7 Å². The largest absolute Gasteiger partial charge is 0.284 e. The summed E-state index contributed by atoms with van der Waals surface area (Å²) in [5.41, 5.74) is -2.30. The van der Waals surface area contributed by atoms with E-state index in [1.54, 1.807) is 13.8 Å². The monoisotopic (exact) mass is 466 g/mol. The highest BCUT2D eigenvalue weighted by molar-refractivity contribution is 8.17. The van der Waals surface area contributed by atoms with E-state index in [9.17, 15) is 40.5 Å². The fourth-order valence-corrected chi connectivity index (χ4v) is 6.79. The number of rotatable bonds is 8. The molecular formula is C17H14N4O8S2. The minimum atomic E-state index is -1.22. The Labute approximate surface area is 182 Å². The SMILES string of the molecule is CCSC1(SCC)c2cc([N+](=O)[O-])cc([N+](=O)[O-])c2-c2c([N+](=O)[O-])cc([N+](=O)[O-])cc21. The van der Waals surface area contributed by atoms with Gasteiger partial charge in [-0.2, -0.15) is 0 Å². The van der Waals surface area contributed by atoms with E-state index in [-0.39, 0.29) is 22.3 Å². The summed E-state index contributed by atoms with van der Waals surface area (Å²) in [7, 11) is 0. The molecule has 1 aliphatic carbocycles. The van der Waals surface area contributed by atoms with Gasteiger partial charge in [0.2, 0.25) is 0 Å². The van der Waals surface area contributed by atoms with Gasteiger partial charge in [0.15, 0.2) is 0 Å². The predicted molar refractivity (Wildman–Crippen MR) is 116 cm³/mol. The maximum absolute atomic E-state index is 11.8. The molecule has 162 valence electrons. The van der Waals surface area contributed by atoms with Gasteiger partial charge in [0.1, 0.15) is 4.08 Å². The van der Waals surface area contributed by atoms with Crippen molar-refractivity contribution in [2.75, 3.05) is 11.5 Å². The van der Waals surface area contributed by atoms with Crippen molar-refractivity contribution in [2.45, 2.75) is 17.9 Å². The lowest BCUT2D eigenvalue weighted by Crippen LogP contribution is -2.18. The van der Waals surface area contributed by atoms with Crippen molar-refractivity contribution in [2.24, 2.45) is 0 Å². The number of fused-ring (bicyclic) bond motifs is 3. The Balaban J connectivity index is 2.60. The topological polar surface area (TPSA) is 173 Å². The molecule has 0 spiro atoms. The number of benzene rings is 2. The van der Waals surface area contributed by atoms with Crippen LogP contribution in [0.15, 0.2) is 24.3 Å². The fourth-order valence-electron chi connectivity index (χ4n) is 3.67. The zero-order valence-electron chi connectivity index (χ0n) is 16.1. The van der Waals surface area contributed by atoms with Crippen LogP contribution in [-0.2, 0) is 4.08 Å². The van der Waals surface area contributed by atoms with E-state index in [1.807, 2.05) is 0 Å². The van der Waals surface area contributed by atoms with Crippen LogP contribution in [0.4, 0.5) is 22.7 Å². The molecule has 1 aliphatic rings. The molecule has 0 N–H and O–H groups in total. The molecule has 14 heteroatoms. The summed E-state index contributed by atoms with van der Waals surface area (Å²) in [6.07, 6.45) is 0. The molecule has 12 nitrogen and oxygen atoms in total. The van der Waals surface area contributed by atoms with E-state index in [0.29, 0.717) is 11.5 Å². The van der Waals surface area contributed by atoms with E-state index in [1.165, 1.54) is 35.7 Å². The average molecular weight is 466 g/mol. The van der Waals surface area contributed by atoms with Gasteiger partial charge in [-0.3, -0.25) is 40.5 Å². The van der Waals surface area contributed by atoms with Crippen molar-refractivity contribution in [3.63, 3.8) is 0 Å². The smallest absolute Gasteiger partial charge is 0.258 e. The Morgan fingerprint density at radius 2 is 1.03 bits per heavy atom. The van der Waals surface area contributed by atoms with Crippen LogP contribution in [0.2, 0.25) is 0 Å². The van der Waals surface area contributed by atoms with Crippen LogP contribution in [0, 0.1) is 40.5 Å². The second kappa shape index (κ2) is 8.11. The third-order valence-corrected chi connectivity index (χ3v) is 7.65. The van der Waals surface area contributed by atoms with Crippen LogP contribution < -0.4 is 0 Å². The van der Waals surface area contributed by atoms with Gasteiger partial charge in [-0.05, 0) is 11.5 Å². The molecule has 0 bridgehead atoms. The minimum Gasteiger partial charge on any atom is -0.258 e. The quantitative estimate of drug-likeness (QED) is 0.292. The predicted octanol–water partition coefficient (Wildman–Crippen LogP) is 5.01. The molecule has 3 rings (SSSR count). The second-order valence-corrected chi connectivity index (χ2v) is 9.50. The van der Waals surface area contributed by atoms with Crippen LogP contribution in [0.3, 0.4) is 0 Å². The number of non-ortho nitro benzene ring substituents is 2. The number of thioether (sulfide) groups is 2. The van der Waals surface area contributed by atoms with E-state index in [2.05, 4.69) is 0 Å². The molecule has 0 fully saturated rings. The normalized spacial score (nSPS) is 13.4. The molecule has 0 aliphatic heterocycles. The van der Waals surface area contributed by atoms with Gasteiger partial charge in [-0.1, -0.05) is 13.8 Å². The Morgan fingerprint density at radius 3 is 1.29 bits per heavy atom. The van der Waals surface area contributed by atoms with Gasteiger partial charge in [-0.15, -0.1) is 23.5 Å². The maximum atomic E-state index is 11.8. The summed E-state index contributed by atoms with van der Waals surface area (Å²) in [4.78, 5) is 43.4. The summed E-state index contributed by atoms with van der Waals surface area (Å²) < 4.78 is -1.22. The molecule has 0 radical (unpaired) electrons. The second-order valence-electron chi connectivity index (χ2n) is 6.29. The number of nitro benzene ring substituents is 4. The Morgan fingerprint density at radius 1 is 0.677 bits per heavy atom. The first-order valence-electron chi connectivity index (χ1n) is 8.81. The number of hydrogen-bond acceptors (Lipinski definition) is 10. The first kappa shape index (κ1) is 22.4. The third kappa shape index (κ3) is 3.46. The van der Waals surface area contributed by atoms with Crippen LogP contribution in [0.5, 0.6) is 0 Å². The fraction of sp³-hybridized carbons (Fsp3) is 0.294. The highest BCUT2D eigenvalue weighted by atomic mass is 32.2. The Bertz CT molecular complexity index is 1060. The van der Waals surface area contributed by atoms with Crippen molar-refractivity contribution in [1.82, 2.24) is 0 Å². The first-order valence-corrected chi connectivity index (χ1v) is 10.8. The van der Waals surface area contributed by atoms with Crippen molar-refractivity contribution in [3.8, 4) is 11.1 Å². The molecule has 0 heterocycles. The van der Waals surface area contributed by atoms with Crippen LogP contribution >= 0.6 is 23.5 Å². The van der Waals surface area contributed by atoms with Crippen molar-refractivity contribution >= 4 is 46.3 Å².